The molecule has 1 aromatic carbocycles. The van der Waals surface area contributed by atoms with E-state index in [0.29, 0.717) is 22.5 Å². The van der Waals surface area contributed by atoms with Crippen LogP contribution in [-0.2, 0) is 6.54 Å². The number of aryl methyl sites for hydroxylation is 1. The van der Waals surface area contributed by atoms with Crippen LogP contribution in [0.3, 0.4) is 0 Å². The lowest BCUT2D eigenvalue weighted by Gasteiger charge is -2.12. The minimum Gasteiger partial charge on any atom is -0.494 e. The van der Waals surface area contributed by atoms with Gasteiger partial charge in [0.1, 0.15) is 5.75 Å². The highest BCUT2D eigenvalue weighted by atomic mass is 35.5. The summed E-state index contributed by atoms with van der Waals surface area (Å²) in [4.78, 5) is 4.21. The monoisotopic (exact) mass is 267 g/mol. The Morgan fingerprint density at radius 2 is 2.17 bits per heavy atom. The van der Waals surface area contributed by atoms with Gasteiger partial charge in [0.25, 0.3) is 0 Å². The van der Waals surface area contributed by atoms with E-state index in [1.165, 1.54) is 0 Å². The first-order valence-corrected chi connectivity index (χ1v) is 5.83. The van der Waals surface area contributed by atoms with Gasteiger partial charge in [-0.3, -0.25) is 0 Å². The summed E-state index contributed by atoms with van der Waals surface area (Å²) in [5.41, 5.74) is 8.24. The molecule has 0 radical (unpaired) electrons. The molecule has 1 aromatic heterocycles. The zero-order valence-corrected chi connectivity index (χ0v) is 11.2. The maximum absolute atomic E-state index is 6.16. The van der Waals surface area contributed by atoms with Crippen molar-refractivity contribution >= 4 is 11.6 Å². The minimum absolute atomic E-state index is 0.202. The fourth-order valence-electron chi connectivity index (χ4n) is 1.76. The van der Waals surface area contributed by atoms with E-state index in [0.717, 1.165) is 16.7 Å². The van der Waals surface area contributed by atoms with E-state index in [2.05, 4.69) is 10.1 Å². The molecule has 2 aromatic rings. The number of halogens is 1. The summed E-state index contributed by atoms with van der Waals surface area (Å²) in [5.74, 6) is 1.36. The zero-order chi connectivity index (χ0) is 13.3. The Balaban J connectivity index is 2.68. The van der Waals surface area contributed by atoms with E-state index in [4.69, 9.17) is 26.6 Å². The van der Waals surface area contributed by atoms with Crippen LogP contribution in [0.15, 0.2) is 10.6 Å². The molecule has 0 aliphatic heterocycles. The van der Waals surface area contributed by atoms with Crippen LogP contribution in [0, 0.1) is 13.8 Å². The van der Waals surface area contributed by atoms with Gasteiger partial charge in [-0.2, -0.15) is 4.98 Å². The number of hydrogen-bond donors (Lipinski definition) is 1. The molecule has 18 heavy (non-hydrogen) atoms. The normalized spacial score (nSPS) is 10.7. The highest BCUT2D eigenvalue weighted by Gasteiger charge is 2.19. The van der Waals surface area contributed by atoms with Crippen molar-refractivity contribution in [2.45, 2.75) is 20.4 Å². The number of benzene rings is 1. The predicted octanol–water partition coefficient (Wildman–Crippen LogP) is 2.47. The van der Waals surface area contributed by atoms with Crippen molar-refractivity contribution in [2.75, 3.05) is 7.11 Å². The molecule has 0 saturated heterocycles. The molecule has 2 rings (SSSR count). The topological polar surface area (TPSA) is 74.2 Å². The van der Waals surface area contributed by atoms with E-state index in [1.807, 2.05) is 19.9 Å². The van der Waals surface area contributed by atoms with Crippen LogP contribution in [0.2, 0.25) is 5.02 Å². The smallest absolute Gasteiger partial charge is 0.240 e. The van der Waals surface area contributed by atoms with Gasteiger partial charge in [-0.15, -0.1) is 0 Å². The van der Waals surface area contributed by atoms with Crippen molar-refractivity contribution in [3.05, 3.63) is 28.1 Å². The molecule has 0 fully saturated rings. The summed E-state index contributed by atoms with van der Waals surface area (Å²) in [7, 11) is 1.56. The fraction of sp³-hybridized carbons (Fsp3) is 0.333. The summed E-state index contributed by atoms with van der Waals surface area (Å²) >= 11 is 6.16. The lowest BCUT2D eigenvalue weighted by Crippen LogP contribution is -1.98. The molecule has 0 aliphatic rings. The summed E-state index contributed by atoms with van der Waals surface area (Å²) in [6.07, 6.45) is 0. The van der Waals surface area contributed by atoms with Crippen molar-refractivity contribution in [2.24, 2.45) is 5.73 Å². The number of ether oxygens (including phenoxy) is 1. The Morgan fingerprint density at radius 3 is 2.72 bits per heavy atom. The molecule has 5 nitrogen and oxygen atoms in total. The maximum Gasteiger partial charge on any atom is 0.240 e. The van der Waals surface area contributed by atoms with Crippen molar-refractivity contribution in [3.8, 4) is 17.1 Å². The third kappa shape index (κ3) is 2.07. The van der Waals surface area contributed by atoms with Gasteiger partial charge in [0.15, 0.2) is 0 Å². The van der Waals surface area contributed by atoms with Crippen LogP contribution in [0.25, 0.3) is 11.4 Å². The lowest BCUT2D eigenvalue weighted by molar-refractivity contribution is 0.379. The molecule has 0 unspecified atom stereocenters. The molecule has 96 valence electrons. The minimum atomic E-state index is 0.202. The third-order valence-electron chi connectivity index (χ3n) is 2.82. The van der Waals surface area contributed by atoms with Crippen molar-refractivity contribution in [3.63, 3.8) is 0 Å². The highest BCUT2D eigenvalue weighted by Crippen LogP contribution is 2.39. The first kappa shape index (κ1) is 12.9. The molecule has 2 N–H and O–H groups in total. The molecule has 0 amide bonds. The second-order valence-electron chi connectivity index (χ2n) is 3.92. The van der Waals surface area contributed by atoms with Crippen LogP contribution in [0.5, 0.6) is 5.75 Å². The third-order valence-corrected chi connectivity index (χ3v) is 3.10. The van der Waals surface area contributed by atoms with Gasteiger partial charge < -0.3 is 15.0 Å². The van der Waals surface area contributed by atoms with Gasteiger partial charge in [0.05, 0.1) is 24.2 Å². The Bertz CT molecular complexity index is 581. The van der Waals surface area contributed by atoms with E-state index in [-0.39, 0.29) is 6.54 Å². The molecule has 0 spiro atoms. The molecule has 0 saturated carbocycles. The Kier molecular flexibility index (Phi) is 3.54. The quantitative estimate of drug-likeness (QED) is 0.925. The fourth-order valence-corrected chi connectivity index (χ4v) is 2.09. The molecular weight excluding hydrogens is 254 g/mol. The van der Waals surface area contributed by atoms with Gasteiger partial charge in [-0.1, -0.05) is 16.8 Å². The van der Waals surface area contributed by atoms with E-state index in [9.17, 15) is 0 Å². The molecule has 0 atom stereocenters. The first-order chi connectivity index (χ1) is 8.58. The summed E-state index contributed by atoms with van der Waals surface area (Å²) in [6.45, 7) is 4.13. The summed E-state index contributed by atoms with van der Waals surface area (Å²) in [5, 5.41) is 4.43. The summed E-state index contributed by atoms with van der Waals surface area (Å²) < 4.78 is 10.3. The lowest BCUT2D eigenvalue weighted by atomic mass is 10.0. The van der Waals surface area contributed by atoms with Gasteiger partial charge >= 0.3 is 0 Å². The zero-order valence-electron chi connectivity index (χ0n) is 10.5. The van der Waals surface area contributed by atoms with Gasteiger partial charge in [0.2, 0.25) is 11.7 Å². The Morgan fingerprint density at radius 1 is 1.44 bits per heavy atom. The van der Waals surface area contributed by atoms with Crippen molar-refractivity contribution in [1.29, 1.82) is 0 Å². The Hall–Kier alpha value is -1.59. The molecule has 1 heterocycles. The van der Waals surface area contributed by atoms with Crippen LogP contribution in [0.1, 0.15) is 17.0 Å². The van der Waals surface area contributed by atoms with E-state index in [1.54, 1.807) is 7.11 Å². The molecular formula is C12H14ClN3O2. The van der Waals surface area contributed by atoms with Gasteiger partial charge in [0, 0.05) is 0 Å². The number of aromatic nitrogens is 2. The second kappa shape index (κ2) is 4.96. The van der Waals surface area contributed by atoms with Gasteiger partial charge in [-0.25, -0.2) is 0 Å². The van der Waals surface area contributed by atoms with Crippen LogP contribution >= 0.6 is 11.6 Å². The van der Waals surface area contributed by atoms with Crippen molar-refractivity contribution < 1.29 is 9.26 Å². The maximum atomic E-state index is 6.16. The first-order valence-electron chi connectivity index (χ1n) is 5.45. The highest BCUT2D eigenvalue weighted by molar-refractivity contribution is 6.32. The standard InChI is InChI=1S/C12H14ClN3O2/c1-6-4-8(13)11(17-3)10(7(6)2)12-15-9(5-14)18-16-12/h4H,5,14H2,1-3H3. The SMILES string of the molecule is COc1c(Cl)cc(C)c(C)c1-c1noc(CN)n1. The molecule has 0 aliphatic carbocycles. The van der Waals surface area contributed by atoms with E-state index < -0.39 is 0 Å². The Labute approximate surface area is 110 Å². The van der Waals surface area contributed by atoms with Gasteiger partial charge in [-0.05, 0) is 31.0 Å². The predicted molar refractivity (Wildman–Crippen MR) is 68.7 cm³/mol. The molecule has 0 bridgehead atoms. The van der Waals surface area contributed by atoms with Crippen molar-refractivity contribution in [1.82, 2.24) is 10.1 Å². The van der Waals surface area contributed by atoms with Crippen LogP contribution in [-0.4, -0.2) is 17.3 Å². The number of nitrogens with zero attached hydrogens (tertiary/aromatic N) is 2. The molecule has 6 heteroatoms. The van der Waals surface area contributed by atoms with Crippen LogP contribution in [0.4, 0.5) is 0 Å². The summed E-state index contributed by atoms with van der Waals surface area (Å²) in [6, 6.07) is 1.85. The largest absolute Gasteiger partial charge is 0.494 e. The average molecular weight is 268 g/mol. The number of nitrogens with two attached hydrogens (primary N) is 1. The van der Waals surface area contributed by atoms with E-state index >= 15 is 0 Å². The second-order valence-corrected chi connectivity index (χ2v) is 4.33. The number of methoxy groups -OCH3 is 1. The number of hydrogen-bond acceptors (Lipinski definition) is 5. The average Bonchev–Trinajstić information content (AvgIpc) is 2.81. The van der Waals surface area contributed by atoms with Crippen LogP contribution < -0.4 is 10.5 Å². The number of rotatable bonds is 3.